The van der Waals surface area contributed by atoms with Crippen LogP contribution in [-0.2, 0) is 4.52 Å². The lowest BCUT2D eigenvalue weighted by Crippen LogP contribution is -2.13. The molecule has 2 rings (SSSR count). The van der Waals surface area contributed by atoms with E-state index in [1.807, 2.05) is 18.2 Å². The monoisotopic (exact) mass is 301 g/mol. The predicted octanol–water partition coefficient (Wildman–Crippen LogP) is 4.20. The van der Waals surface area contributed by atoms with Gasteiger partial charge in [-0.1, -0.05) is 61.5 Å². The quantitative estimate of drug-likeness (QED) is 0.778. The molecule has 0 spiro atoms. The molecule has 0 saturated carbocycles. The van der Waals surface area contributed by atoms with Gasteiger partial charge in [0.2, 0.25) is 0 Å². The zero-order valence-electron chi connectivity index (χ0n) is 12.8. The third-order valence-electron chi connectivity index (χ3n) is 3.41. The van der Waals surface area contributed by atoms with Crippen molar-refractivity contribution in [2.75, 3.05) is 12.8 Å². The van der Waals surface area contributed by atoms with E-state index in [2.05, 4.69) is 50.2 Å². The summed E-state index contributed by atoms with van der Waals surface area (Å²) < 4.78 is 5.89. The van der Waals surface area contributed by atoms with Crippen LogP contribution in [0.25, 0.3) is 0 Å². The number of benzene rings is 2. The Morgan fingerprint density at radius 3 is 2.14 bits per heavy atom. The van der Waals surface area contributed by atoms with Crippen molar-refractivity contribution in [3.05, 3.63) is 65.7 Å². The van der Waals surface area contributed by atoms with E-state index in [4.69, 9.17) is 10.3 Å². The highest BCUT2D eigenvalue weighted by Gasteiger charge is 2.12. The fraction of sp³-hybridized carbons (Fsp3) is 0.333. The van der Waals surface area contributed by atoms with Gasteiger partial charge in [-0.2, -0.15) is 0 Å². The van der Waals surface area contributed by atoms with Crippen LogP contribution in [-0.4, -0.2) is 12.8 Å². The van der Waals surface area contributed by atoms with Gasteiger partial charge < -0.3 is 10.3 Å². The minimum atomic E-state index is -0.483. The average Bonchev–Trinajstić information content (AvgIpc) is 2.55. The lowest BCUT2D eigenvalue weighted by Gasteiger charge is -2.18. The fourth-order valence-corrected chi connectivity index (χ4v) is 4.06. The summed E-state index contributed by atoms with van der Waals surface area (Å²) in [7, 11) is -0.483. The molecule has 0 aliphatic rings. The van der Waals surface area contributed by atoms with Crippen molar-refractivity contribution in [3.63, 3.8) is 0 Å². The van der Waals surface area contributed by atoms with Gasteiger partial charge >= 0.3 is 0 Å². The first-order valence-electron chi connectivity index (χ1n) is 7.57. The summed E-state index contributed by atoms with van der Waals surface area (Å²) in [5.74, 6) is 0. The summed E-state index contributed by atoms with van der Waals surface area (Å²) in [5.41, 5.74) is 8.62. The SMILES string of the molecule is CCCP(OCC)c1ccc(C(N)c2ccccc2)cc1. The molecular formula is C18H24NOP. The smallest absolute Gasteiger partial charge is 0.0603 e. The summed E-state index contributed by atoms with van der Waals surface area (Å²) in [4.78, 5) is 0. The first kappa shape index (κ1) is 16.2. The van der Waals surface area contributed by atoms with Gasteiger partial charge in [-0.15, -0.1) is 0 Å². The van der Waals surface area contributed by atoms with Crippen molar-refractivity contribution in [3.8, 4) is 0 Å². The van der Waals surface area contributed by atoms with E-state index in [-0.39, 0.29) is 6.04 Å². The molecule has 112 valence electrons. The molecule has 2 N–H and O–H groups in total. The molecule has 2 aromatic rings. The van der Waals surface area contributed by atoms with Gasteiger partial charge in [0.25, 0.3) is 0 Å². The molecular weight excluding hydrogens is 277 g/mol. The summed E-state index contributed by atoms with van der Waals surface area (Å²) in [5, 5.41) is 1.30. The second kappa shape index (κ2) is 8.29. The number of rotatable bonds is 7. The van der Waals surface area contributed by atoms with Crippen LogP contribution in [0.1, 0.15) is 37.4 Å². The largest absolute Gasteiger partial charge is 0.355 e. The maximum absolute atomic E-state index is 6.33. The van der Waals surface area contributed by atoms with Crippen LogP contribution in [0.4, 0.5) is 0 Å². The normalized spacial score (nSPS) is 13.9. The summed E-state index contributed by atoms with van der Waals surface area (Å²) in [6.07, 6.45) is 2.27. The zero-order chi connectivity index (χ0) is 15.1. The van der Waals surface area contributed by atoms with Crippen molar-refractivity contribution in [1.82, 2.24) is 0 Å². The van der Waals surface area contributed by atoms with Gasteiger partial charge in [0.05, 0.1) is 14.2 Å². The van der Waals surface area contributed by atoms with Crippen LogP contribution in [0.2, 0.25) is 0 Å². The second-order valence-corrected chi connectivity index (χ2v) is 6.98. The predicted molar refractivity (Wildman–Crippen MR) is 92.3 cm³/mol. The second-order valence-electron chi connectivity index (χ2n) is 5.00. The van der Waals surface area contributed by atoms with E-state index in [0.717, 1.165) is 30.3 Å². The minimum absolute atomic E-state index is 0.0650. The first-order valence-corrected chi connectivity index (χ1v) is 9.01. The van der Waals surface area contributed by atoms with Crippen LogP contribution in [0.5, 0.6) is 0 Å². The standard InChI is InChI=1S/C18H24NOP/c1-3-14-21(20-4-2)17-12-10-16(11-13-17)18(19)15-8-6-5-7-9-15/h5-13,18H,3-4,14,19H2,1-2H3. The summed E-state index contributed by atoms with van der Waals surface area (Å²) >= 11 is 0. The average molecular weight is 301 g/mol. The van der Waals surface area contributed by atoms with E-state index < -0.39 is 8.15 Å². The highest BCUT2D eigenvalue weighted by Crippen LogP contribution is 2.36. The van der Waals surface area contributed by atoms with Gasteiger partial charge in [0, 0.05) is 11.9 Å². The van der Waals surface area contributed by atoms with Crippen LogP contribution >= 0.6 is 8.15 Å². The van der Waals surface area contributed by atoms with Crippen LogP contribution < -0.4 is 11.0 Å². The van der Waals surface area contributed by atoms with Crippen molar-refractivity contribution in [2.24, 2.45) is 5.73 Å². The Morgan fingerprint density at radius 2 is 1.57 bits per heavy atom. The van der Waals surface area contributed by atoms with E-state index in [0.29, 0.717) is 0 Å². The molecule has 0 aliphatic carbocycles. The maximum atomic E-state index is 6.33. The minimum Gasteiger partial charge on any atom is -0.355 e. The third kappa shape index (κ3) is 4.38. The van der Waals surface area contributed by atoms with Crippen molar-refractivity contribution in [2.45, 2.75) is 26.3 Å². The molecule has 2 nitrogen and oxygen atoms in total. The molecule has 0 bridgehead atoms. The molecule has 3 heteroatoms. The number of hydrogen-bond donors (Lipinski definition) is 1. The van der Waals surface area contributed by atoms with Gasteiger partial charge in [-0.25, -0.2) is 0 Å². The molecule has 21 heavy (non-hydrogen) atoms. The number of hydrogen-bond acceptors (Lipinski definition) is 2. The highest BCUT2D eigenvalue weighted by atomic mass is 31.1. The topological polar surface area (TPSA) is 35.2 Å². The Kier molecular flexibility index (Phi) is 6.38. The molecule has 2 aromatic carbocycles. The lowest BCUT2D eigenvalue weighted by molar-refractivity contribution is 0.382. The van der Waals surface area contributed by atoms with Crippen molar-refractivity contribution >= 4 is 13.5 Å². The van der Waals surface area contributed by atoms with Crippen molar-refractivity contribution < 1.29 is 4.52 Å². The lowest BCUT2D eigenvalue weighted by atomic mass is 10.00. The molecule has 0 saturated heterocycles. The van der Waals surface area contributed by atoms with Crippen LogP contribution in [0, 0.1) is 0 Å². The number of nitrogens with two attached hydrogens (primary N) is 1. The molecule has 0 heterocycles. The van der Waals surface area contributed by atoms with E-state index in [1.54, 1.807) is 0 Å². The van der Waals surface area contributed by atoms with Crippen LogP contribution in [0.15, 0.2) is 54.6 Å². The van der Waals surface area contributed by atoms with E-state index >= 15 is 0 Å². The Hall–Kier alpha value is -1.21. The molecule has 2 atom stereocenters. The third-order valence-corrected chi connectivity index (χ3v) is 5.71. The van der Waals surface area contributed by atoms with E-state index in [1.165, 1.54) is 5.30 Å². The highest BCUT2D eigenvalue weighted by molar-refractivity contribution is 7.60. The molecule has 0 radical (unpaired) electrons. The van der Waals surface area contributed by atoms with Gasteiger partial charge in [-0.3, -0.25) is 0 Å². The van der Waals surface area contributed by atoms with Crippen LogP contribution in [0.3, 0.4) is 0 Å². The fourth-order valence-electron chi connectivity index (χ4n) is 2.33. The molecule has 0 aliphatic heterocycles. The Labute approximate surface area is 129 Å². The van der Waals surface area contributed by atoms with Crippen molar-refractivity contribution in [1.29, 1.82) is 0 Å². The molecule has 0 fully saturated rings. The summed E-state index contributed by atoms with van der Waals surface area (Å²) in [6.45, 7) is 5.04. The van der Waals surface area contributed by atoms with Gasteiger partial charge in [-0.05, 0) is 30.6 Å². The summed E-state index contributed by atoms with van der Waals surface area (Å²) in [6, 6.07) is 18.8. The molecule has 2 unspecified atom stereocenters. The first-order chi connectivity index (χ1) is 10.3. The maximum Gasteiger partial charge on any atom is 0.0603 e. The molecule has 0 amide bonds. The Balaban J connectivity index is 2.14. The van der Waals surface area contributed by atoms with Gasteiger partial charge in [0.15, 0.2) is 0 Å². The van der Waals surface area contributed by atoms with Gasteiger partial charge in [0.1, 0.15) is 0 Å². The Bertz CT molecular complexity index is 521. The molecule has 0 aromatic heterocycles. The Morgan fingerprint density at radius 1 is 0.952 bits per heavy atom. The zero-order valence-corrected chi connectivity index (χ0v) is 13.7. The van der Waals surface area contributed by atoms with E-state index in [9.17, 15) is 0 Å².